The Morgan fingerprint density at radius 2 is 1.43 bits per heavy atom. The maximum Gasteiger partial charge on any atom is 0.252 e. The summed E-state index contributed by atoms with van der Waals surface area (Å²) >= 11 is 0. The number of anilines is 1. The van der Waals surface area contributed by atoms with E-state index in [9.17, 15) is 14.4 Å². The lowest BCUT2D eigenvalue weighted by Gasteiger charge is -2.36. The molecule has 0 unspecified atom stereocenters. The Morgan fingerprint density at radius 1 is 0.829 bits per heavy atom. The monoisotopic (exact) mass is 493 g/mol. The van der Waals surface area contributed by atoms with E-state index >= 15 is 0 Å². The second-order valence-corrected chi connectivity index (χ2v) is 9.36. The Balaban J connectivity index is 1.27. The number of carbonyl (C=O) groups excluding carboxylic acids is 3. The summed E-state index contributed by atoms with van der Waals surface area (Å²) in [6.07, 6.45) is -3.80. The van der Waals surface area contributed by atoms with Crippen molar-refractivity contribution < 1.29 is 42.8 Å². The van der Waals surface area contributed by atoms with Gasteiger partial charge in [-0.1, -0.05) is 0 Å². The van der Waals surface area contributed by atoms with Gasteiger partial charge < -0.3 is 44.4 Å². The highest BCUT2D eigenvalue weighted by Crippen LogP contribution is 2.44. The van der Waals surface area contributed by atoms with Gasteiger partial charge >= 0.3 is 0 Å². The maximum absolute atomic E-state index is 12.9. The van der Waals surface area contributed by atoms with Crippen molar-refractivity contribution in [3.8, 4) is 5.75 Å². The lowest BCUT2D eigenvalue weighted by atomic mass is 9.98. The van der Waals surface area contributed by atoms with E-state index in [0.717, 1.165) is 0 Å². The largest absolute Gasteiger partial charge is 0.497 e. The van der Waals surface area contributed by atoms with E-state index in [1.165, 1.54) is 0 Å². The highest BCUT2D eigenvalue weighted by molar-refractivity contribution is 5.95. The Bertz CT molecular complexity index is 965. The van der Waals surface area contributed by atoms with Crippen LogP contribution in [0.1, 0.15) is 27.7 Å². The topological polar surface area (TPSA) is 143 Å². The molecule has 0 saturated carbocycles. The Hall–Kier alpha value is -2.77. The highest BCUT2D eigenvalue weighted by atomic mass is 16.9. The van der Waals surface area contributed by atoms with Crippen LogP contribution in [0.25, 0.3) is 0 Å². The van der Waals surface area contributed by atoms with E-state index in [1.54, 1.807) is 59.1 Å². The normalized spacial score (nSPS) is 30.0. The van der Waals surface area contributed by atoms with E-state index in [4.69, 9.17) is 28.4 Å². The van der Waals surface area contributed by atoms with Gasteiger partial charge in [0.05, 0.1) is 20.2 Å². The molecule has 3 saturated heterocycles. The van der Waals surface area contributed by atoms with E-state index in [2.05, 4.69) is 16.0 Å². The molecule has 3 amide bonds. The molecule has 192 valence electrons. The molecule has 35 heavy (non-hydrogen) atoms. The molecule has 3 heterocycles. The van der Waals surface area contributed by atoms with Crippen molar-refractivity contribution in [1.82, 2.24) is 10.6 Å². The summed E-state index contributed by atoms with van der Waals surface area (Å²) < 4.78 is 34.5. The number of nitrogens with one attached hydrogen (secondary N) is 3. The van der Waals surface area contributed by atoms with Crippen molar-refractivity contribution >= 4 is 23.4 Å². The Kier molecular flexibility index (Phi) is 7.02. The van der Waals surface area contributed by atoms with Crippen LogP contribution in [0.3, 0.4) is 0 Å². The van der Waals surface area contributed by atoms with Crippen LogP contribution in [0.4, 0.5) is 5.69 Å². The number of amides is 3. The lowest BCUT2D eigenvalue weighted by molar-refractivity contribution is -0.231. The average molecular weight is 494 g/mol. The molecular formula is C23H31N3O9. The quantitative estimate of drug-likeness (QED) is 0.487. The molecule has 0 bridgehead atoms. The molecule has 12 nitrogen and oxygen atoms in total. The van der Waals surface area contributed by atoms with Crippen molar-refractivity contribution in [2.45, 2.75) is 70.0 Å². The number of methoxy groups -OCH3 is 1. The summed E-state index contributed by atoms with van der Waals surface area (Å²) in [6.45, 7) is 6.35. The standard InChI is InChI=1S/C23H31N3O9/c1-22(2)32-16-17(33-22)19-21(35-23(3,4)34-19)31-18(16)20(29)25-10-14(27)24-11-15(28)26-12-6-8-13(30-5)9-7-12/h6-9,16-19,21H,10-11H2,1-5H3,(H,24,27)(H,25,29)(H,26,28)/t16-,17+,18+,19-,21-/m1/s1. The lowest BCUT2D eigenvalue weighted by Crippen LogP contribution is -2.60. The molecule has 0 spiro atoms. The summed E-state index contributed by atoms with van der Waals surface area (Å²) in [5.41, 5.74) is 0.559. The summed E-state index contributed by atoms with van der Waals surface area (Å²) in [6, 6.07) is 6.76. The first-order valence-electron chi connectivity index (χ1n) is 11.3. The van der Waals surface area contributed by atoms with Crippen LogP contribution in [-0.4, -0.2) is 80.2 Å². The number of ether oxygens (including phenoxy) is 6. The Morgan fingerprint density at radius 3 is 2.11 bits per heavy atom. The molecule has 3 aliphatic heterocycles. The van der Waals surface area contributed by atoms with Gasteiger partial charge in [-0.2, -0.15) is 0 Å². The molecule has 1 aromatic carbocycles. The third-order valence-electron chi connectivity index (χ3n) is 5.66. The van der Waals surface area contributed by atoms with Gasteiger partial charge in [0.15, 0.2) is 24.0 Å². The predicted octanol–water partition coefficient (Wildman–Crippen LogP) is 0.263. The van der Waals surface area contributed by atoms with Crippen LogP contribution in [0.5, 0.6) is 5.75 Å². The summed E-state index contributed by atoms with van der Waals surface area (Å²) in [5.74, 6) is -2.72. The number of fused-ring (bicyclic) bond motifs is 3. The van der Waals surface area contributed by atoms with E-state index in [0.29, 0.717) is 11.4 Å². The number of carbonyl (C=O) groups is 3. The molecule has 3 aliphatic rings. The van der Waals surface area contributed by atoms with Gasteiger partial charge in [0, 0.05) is 5.69 Å². The van der Waals surface area contributed by atoms with Gasteiger partial charge in [-0.3, -0.25) is 14.4 Å². The number of benzene rings is 1. The molecular weight excluding hydrogens is 462 g/mol. The highest BCUT2D eigenvalue weighted by Gasteiger charge is 2.62. The SMILES string of the molecule is COc1ccc(NC(=O)CNC(=O)CNC(=O)[C@H]2O[C@@H]3OC(C)(C)O[C@@H]3[C@H]3OC(C)(C)O[C@H]32)cc1. The summed E-state index contributed by atoms with van der Waals surface area (Å²) in [7, 11) is 1.55. The molecule has 1 aromatic rings. The molecule has 0 aromatic heterocycles. The van der Waals surface area contributed by atoms with Gasteiger partial charge in [-0.25, -0.2) is 0 Å². The minimum atomic E-state index is -1.08. The van der Waals surface area contributed by atoms with E-state index in [-0.39, 0.29) is 13.1 Å². The minimum Gasteiger partial charge on any atom is -0.497 e. The van der Waals surface area contributed by atoms with Gasteiger partial charge in [0.25, 0.3) is 5.91 Å². The molecule has 4 rings (SSSR count). The fraction of sp³-hybridized carbons (Fsp3) is 0.609. The van der Waals surface area contributed by atoms with Gasteiger partial charge in [0.2, 0.25) is 11.8 Å². The predicted molar refractivity (Wildman–Crippen MR) is 120 cm³/mol. The molecule has 3 N–H and O–H groups in total. The third kappa shape index (κ3) is 5.90. The maximum atomic E-state index is 12.9. The molecule has 0 aliphatic carbocycles. The van der Waals surface area contributed by atoms with Crippen molar-refractivity contribution in [3.05, 3.63) is 24.3 Å². The van der Waals surface area contributed by atoms with Crippen LogP contribution < -0.4 is 20.7 Å². The number of hydrogen-bond acceptors (Lipinski definition) is 9. The molecule has 0 radical (unpaired) electrons. The van der Waals surface area contributed by atoms with Crippen LogP contribution in [0, 0.1) is 0 Å². The summed E-state index contributed by atoms with van der Waals surface area (Å²) in [5, 5.41) is 7.64. The van der Waals surface area contributed by atoms with Crippen molar-refractivity contribution in [2.75, 3.05) is 25.5 Å². The van der Waals surface area contributed by atoms with E-state index < -0.39 is 60.0 Å². The number of rotatable bonds is 7. The van der Waals surface area contributed by atoms with Crippen molar-refractivity contribution in [1.29, 1.82) is 0 Å². The van der Waals surface area contributed by atoms with Crippen molar-refractivity contribution in [3.63, 3.8) is 0 Å². The minimum absolute atomic E-state index is 0.263. The Labute approximate surface area is 202 Å². The molecule has 3 fully saturated rings. The fourth-order valence-electron chi connectivity index (χ4n) is 4.21. The molecule has 5 atom stereocenters. The summed E-state index contributed by atoms with van der Waals surface area (Å²) in [4.78, 5) is 37.2. The second-order valence-electron chi connectivity index (χ2n) is 9.36. The zero-order valence-corrected chi connectivity index (χ0v) is 20.3. The zero-order valence-electron chi connectivity index (χ0n) is 20.3. The van der Waals surface area contributed by atoms with Gasteiger partial charge in [-0.15, -0.1) is 0 Å². The van der Waals surface area contributed by atoms with Crippen LogP contribution in [0.2, 0.25) is 0 Å². The third-order valence-corrected chi connectivity index (χ3v) is 5.66. The van der Waals surface area contributed by atoms with Crippen molar-refractivity contribution in [2.24, 2.45) is 0 Å². The fourth-order valence-corrected chi connectivity index (χ4v) is 4.21. The van der Waals surface area contributed by atoms with Gasteiger partial charge in [0.1, 0.15) is 24.1 Å². The second kappa shape index (κ2) is 9.70. The van der Waals surface area contributed by atoms with Crippen LogP contribution >= 0.6 is 0 Å². The smallest absolute Gasteiger partial charge is 0.252 e. The average Bonchev–Trinajstić information content (AvgIpc) is 3.29. The first-order chi connectivity index (χ1) is 16.5. The van der Waals surface area contributed by atoms with Crippen LogP contribution in [0.15, 0.2) is 24.3 Å². The first-order valence-corrected chi connectivity index (χ1v) is 11.3. The zero-order chi connectivity index (χ0) is 25.4. The number of hydrogen-bond donors (Lipinski definition) is 3. The van der Waals surface area contributed by atoms with Crippen LogP contribution in [-0.2, 0) is 38.1 Å². The van der Waals surface area contributed by atoms with E-state index in [1.807, 2.05) is 0 Å². The first kappa shape index (κ1) is 25.3. The molecule has 12 heteroatoms. The van der Waals surface area contributed by atoms with Gasteiger partial charge in [-0.05, 0) is 52.0 Å².